The summed E-state index contributed by atoms with van der Waals surface area (Å²) in [6.45, 7) is 0.368. The van der Waals surface area contributed by atoms with Crippen LogP contribution in [0.25, 0.3) is 0 Å². The molecule has 0 saturated heterocycles. The van der Waals surface area contributed by atoms with E-state index in [1.165, 1.54) is 43.3 Å². The number of benzene rings is 2. The number of hydrogen-bond donors (Lipinski definition) is 0. The van der Waals surface area contributed by atoms with Crippen molar-refractivity contribution in [2.75, 3.05) is 27.4 Å². The third-order valence-electron chi connectivity index (χ3n) is 5.69. The summed E-state index contributed by atoms with van der Waals surface area (Å²) in [7, 11) is 1.44. The van der Waals surface area contributed by atoms with Crippen molar-refractivity contribution in [3.63, 3.8) is 0 Å². The summed E-state index contributed by atoms with van der Waals surface area (Å²) in [4.78, 5) is 25.1. The van der Waals surface area contributed by atoms with Crippen LogP contribution in [0.1, 0.15) is 24.5 Å². The fourth-order valence-corrected chi connectivity index (χ4v) is 3.63. The molecule has 3 atom stereocenters. The molecule has 0 aromatic heterocycles. The van der Waals surface area contributed by atoms with Crippen LogP contribution in [-0.2, 0) is 39.7 Å². The molecule has 2 aromatic rings. The summed E-state index contributed by atoms with van der Waals surface area (Å²) in [5.41, 5.74) is -7.72. The third kappa shape index (κ3) is 6.07. The average Bonchev–Trinajstić information content (AvgIpc) is 2.84. The quantitative estimate of drug-likeness (QED) is 0.287. The molecule has 0 amide bonds. The van der Waals surface area contributed by atoms with Crippen LogP contribution in [0.15, 0.2) is 60.7 Å². The molecule has 6 nitrogen and oxygen atoms in total. The van der Waals surface area contributed by atoms with Crippen molar-refractivity contribution in [3.8, 4) is 0 Å². The minimum Gasteiger partial charge on any atom is -0.463 e. The molecular formula is C25H26F6O6. The topological polar surface area (TPSA) is 71.1 Å². The van der Waals surface area contributed by atoms with Gasteiger partial charge in [0.2, 0.25) is 0 Å². The number of alkyl halides is 6. The zero-order valence-electron chi connectivity index (χ0n) is 20.2. The van der Waals surface area contributed by atoms with Gasteiger partial charge in [-0.1, -0.05) is 67.6 Å². The molecular weight excluding hydrogens is 510 g/mol. The standard InChI is InChI=1S/C25H26F6O6/c1-17(16-37-21(33)23(35-3,25(29,30)31)19-12-8-5-9-13-19)14-15-36-20(32)22(34-2,24(26,27)28)18-10-6-4-7-11-18/h4-13,17H,14-16H2,1-3H3/t17-,22+,23+/m0/s1. The second kappa shape index (κ2) is 12.0. The molecule has 204 valence electrons. The largest absolute Gasteiger partial charge is 0.463 e. The molecule has 37 heavy (non-hydrogen) atoms. The minimum atomic E-state index is -5.16. The van der Waals surface area contributed by atoms with E-state index in [0.717, 1.165) is 38.5 Å². The molecule has 0 aliphatic heterocycles. The SMILES string of the molecule is CO[C@@](C(=O)OCC[C@H](C)COC(=O)[C@](OC)(c1ccccc1)C(F)(F)F)(c1ccccc1)C(F)(F)F. The number of methoxy groups -OCH3 is 2. The normalized spacial score (nSPS) is 16.2. The second-order valence-corrected chi connectivity index (χ2v) is 8.13. The second-order valence-electron chi connectivity index (χ2n) is 8.13. The van der Waals surface area contributed by atoms with Gasteiger partial charge in [0, 0.05) is 25.3 Å². The molecule has 0 aliphatic carbocycles. The number of carbonyl (C=O) groups is 2. The van der Waals surface area contributed by atoms with Gasteiger partial charge in [-0.15, -0.1) is 0 Å². The Hall–Kier alpha value is -3.12. The van der Waals surface area contributed by atoms with E-state index in [2.05, 4.69) is 9.47 Å². The molecule has 0 saturated carbocycles. The van der Waals surface area contributed by atoms with Crippen molar-refractivity contribution in [2.24, 2.45) is 5.92 Å². The van der Waals surface area contributed by atoms with Crippen LogP contribution in [-0.4, -0.2) is 51.7 Å². The maximum Gasteiger partial charge on any atom is 0.432 e. The van der Waals surface area contributed by atoms with Crippen LogP contribution < -0.4 is 0 Å². The number of esters is 2. The highest BCUT2D eigenvalue weighted by molar-refractivity contribution is 5.83. The number of ether oxygens (including phenoxy) is 4. The van der Waals surface area contributed by atoms with Crippen LogP contribution in [0, 0.1) is 5.92 Å². The predicted molar refractivity (Wildman–Crippen MR) is 118 cm³/mol. The Morgan fingerprint density at radius 2 is 1.08 bits per heavy atom. The van der Waals surface area contributed by atoms with E-state index in [1.807, 2.05) is 0 Å². The lowest BCUT2D eigenvalue weighted by atomic mass is 9.92. The monoisotopic (exact) mass is 536 g/mol. The van der Waals surface area contributed by atoms with Gasteiger partial charge in [0.05, 0.1) is 13.2 Å². The van der Waals surface area contributed by atoms with Gasteiger partial charge in [-0.05, 0) is 12.3 Å². The first-order chi connectivity index (χ1) is 17.3. The van der Waals surface area contributed by atoms with Crippen LogP contribution >= 0.6 is 0 Å². The Morgan fingerprint density at radius 1 is 0.703 bits per heavy atom. The zero-order chi connectivity index (χ0) is 27.9. The number of rotatable bonds is 11. The average molecular weight is 536 g/mol. The minimum absolute atomic E-state index is 0.122. The lowest BCUT2D eigenvalue weighted by Gasteiger charge is -2.33. The van der Waals surface area contributed by atoms with Crippen LogP contribution in [0.5, 0.6) is 0 Å². The summed E-state index contributed by atoms with van der Waals surface area (Å²) in [5.74, 6) is -4.11. The predicted octanol–water partition coefficient (Wildman–Crippen LogP) is 5.31. The van der Waals surface area contributed by atoms with Gasteiger partial charge in [0.25, 0.3) is 11.2 Å². The van der Waals surface area contributed by atoms with E-state index >= 15 is 0 Å². The molecule has 0 heterocycles. The lowest BCUT2D eigenvalue weighted by molar-refractivity contribution is -0.278. The number of halogens is 6. The highest BCUT2D eigenvalue weighted by atomic mass is 19.4. The summed E-state index contributed by atoms with van der Waals surface area (Å²) >= 11 is 0. The molecule has 0 aliphatic rings. The van der Waals surface area contributed by atoms with Gasteiger partial charge < -0.3 is 18.9 Å². The molecule has 0 unspecified atom stereocenters. The first kappa shape index (κ1) is 30.1. The van der Waals surface area contributed by atoms with Crippen LogP contribution in [0.4, 0.5) is 26.3 Å². The highest BCUT2D eigenvalue weighted by Crippen LogP contribution is 2.44. The Bertz CT molecular complexity index is 1030. The maximum atomic E-state index is 13.9. The van der Waals surface area contributed by atoms with E-state index in [-0.39, 0.29) is 6.42 Å². The lowest BCUT2D eigenvalue weighted by Crippen LogP contribution is -2.52. The molecule has 0 radical (unpaired) electrons. The van der Waals surface area contributed by atoms with Gasteiger partial charge >= 0.3 is 24.3 Å². The van der Waals surface area contributed by atoms with E-state index in [0.29, 0.717) is 0 Å². The van der Waals surface area contributed by atoms with E-state index < -0.39 is 65.8 Å². The summed E-state index contributed by atoms with van der Waals surface area (Å²) < 4.78 is 102. The Balaban J connectivity index is 2.06. The van der Waals surface area contributed by atoms with E-state index in [4.69, 9.17) is 9.47 Å². The fourth-order valence-electron chi connectivity index (χ4n) is 3.63. The maximum absolute atomic E-state index is 13.9. The van der Waals surface area contributed by atoms with Gasteiger partial charge in [-0.2, -0.15) is 26.3 Å². The van der Waals surface area contributed by atoms with E-state index in [9.17, 15) is 35.9 Å². The Morgan fingerprint density at radius 3 is 1.43 bits per heavy atom. The zero-order valence-corrected chi connectivity index (χ0v) is 20.2. The summed E-state index contributed by atoms with van der Waals surface area (Å²) in [5, 5.41) is 0. The van der Waals surface area contributed by atoms with Crippen molar-refractivity contribution < 1.29 is 54.9 Å². The fraction of sp³-hybridized carbons (Fsp3) is 0.440. The number of carbonyl (C=O) groups excluding carboxylic acids is 2. The van der Waals surface area contributed by atoms with Gasteiger partial charge in [0.1, 0.15) is 0 Å². The Labute approximate surface area is 209 Å². The van der Waals surface area contributed by atoms with Gasteiger partial charge in [0.15, 0.2) is 0 Å². The highest BCUT2D eigenvalue weighted by Gasteiger charge is 2.65. The van der Waals surface area contributed by atoms with Crippen LogP contribution in [0.3, 0.4) is 0 Å². The first-order valence-electron chi connectivity index (χ1n) is 11.0. The van der Waals surface area contributed by atoms with Gasteiger partial charge in [-0.3, -0.25) is 0 Å². The molecule has 0 spiro atoms. The van der Waals surface area contributed by atoms with Crippen molar-refractivity contribution in [1.82, 2.24) is 0 Å². The molecule has 2 rings (SSSR count). The van der Waals surface area contributed by atoms with E-state index in [1.54, 1.807) is 0 Å². The van der Waals surface area contributed by atoms with Gasteiger partial charge in [-0.25, -0.2) is 9.59 Å². The molecule has 2 aromatic carbocycles. The molecule has 12 heteroatoms. The van der Waals surface area contributed by atoms with Crippen molar-refractivity contribution in [2.45, 2.75) is 36.9 Å². The van der Waals surface area contributed by atoms with Crippen molar-refractivity contribution in [1.29, 1.82) is 0 Å². The summed E-state index contributed by atoms with van der Waals surface area (Å²) in [6.07, 6.45) is -10.4. The third-order valence-corrected chi connectivity index (χ3v) is 5.69. The van der Waals surface area contributed by atoms with Crippen molar-refractivity contribution >= 4 is 11.9 Å². The Kier molecular flexibility index (Phi) is 9.72. The first-order valence-corrected chi connectivity index (χ1v) is 11.0. The summed E-state index contributed by atoms with van der Waals surface area (Å²) in [6, 6.07) is 12.4. The molecule has 0 bridgehead atoms. The van der Waals surface area contributed by atoms with Crippen molar-refractivity contribution in [3.05, 3.63) is 71.8 Å². The molecule has 0 fully saturated rings. The van der Waals surface area contributed by atoms with Crippen LogP contribution in [0.2, 0.25) is 0 Å². The molecule has 0 N–H and O–H groups in total. The number of hydrogen-bond acceptors (Lipinski definition) is 6. The smallest absolute Gasteiger partial charge is 0.432 e.